The Bertz CT molecular complexity index is 1160. The van der Waals surface area contributed by atoms with E-state index in [1.807, 2.05) is 12.1 Å². The number of hydrogen-bond acceptors (Lipinski definition) is 4. The lowest BCUT2D eigenvalue weighted by atomic mass is 9.87. The van der Waals surface area contributed by atoms with Crippen molar-refractivity contribution in [1.29, 1.82) is 0 Å². The zero-order valence-corrected chi connectivity index (χ0v) is 17.6. The minimum atomic E-state index is -0.546. The predicted molar refractivity (Wildman–Crippen MR) is 118 cm³/mol. The molecule has 2 aromatic carbocycles. The number of H-pyrrole nitrogens is 1. The lowest BCUT2D eigenvalue weighted by Gasteiger charge is -2.18. The van der Waals surface area contributed by atoms with Gasteiger partial charge in [-0.2, -0.15) is 0 Å². The van der Waals surface area contributed by atoms with Gasteiger partial charge in [0.05, 0.1) is 5.56 Å². The van der Waals surface area contributed by atoms with E-state index in [9.17, 15) is 14.4 Å². The number of ether oxygens (including phenoxy) is 1. The van der Waals surface area contributed by atoms with Gasteiger partial charge in [0.1, 0.15) is 0 Å². The first-order valence-corrected chi connectivity index (χ1v) is 10.4. The highest BCUT2D eigenvalue weighted by Gasteiger charge is 2.21. The first kappa shape index (κ1) is 20.7. The van der Waals surface area contributed by atoms with Crippen molar-refractivity contribution in [1.82, 2.24) is 10.3 Å². The highest BCUT2D eigenvalue weighted by molar-refractivity contribution is 5.99. The number of anilines is 1. The summed E-state index contributed by atoms with van der Waals surface area (Å²) in [6, 6.07) is 12.0. The van der Waals surface area contributed by atoms with Crippen LogP contribution in [0.1, 0.15) is 45.3 Å². The highest BCUT2D eigenvalue weighted by atomic mass is 16.5. The van der Waals surface area contributed by atoms with Crippen molar-refractivity contribution in [3.05, 3.63) is 64.8 Å². The molecular formula is C24H25N3O4. The molecule has 31 heavy (non-hydrogen) atoms. The Morgan fingerprint density at radius 1 is 1.13 bits per heavy atom. The van der Waals surface area contributed by atoms with Crippen LogP contribution in [0.3, 0.4) is 0 Å². The number of aromatic amines is 1. The third kappa shape index (κ3) is 4.45. The number of rotatable bonds is 5. The van der Waals surface area contributed by atoms with Gasteiger partial charge in [-0.25, -0.2) is 4.79 Å². The number of aryl methyl sites for hydroxylation is 1. The predicted octanol–water partition coefficient (Wildman–Crippen LogP) is 3.45. The van der Waals surface area contributed by atoms with Gasteiger partial charge in [0, 0.05) is 34.9 Å². The standard InChI is InChI=1S/C24H25N3O4/c1-14-6-8-20-18(10-14)19-12-16(7-9-21(19)27-20)24(30)31-13-22(28)26-17-5-3-4-15(11-17)23(29)25-2/h3-5,7,9,11-12,14,27H,6,8,10,13H2,1-2H3,(H,25,29)(H,26,28)/t14-/m1/s1. The van der Waals surface area contributed by atoms with Gasteiger partial charge in [-0.1, -0.05) is 13.0 Å². The van der Waals surface area contributed by atoms with Crippen LogP contribution in [0.4, 0.5) is 5.69 Å². The summed E-state index contributed by atoms with van der Waals surface area (Å²) >= 11 is 0. The molecule has 160 valence electrons. The number of carbonyl (C=O) groups is 3. The molecule has 1 aromatic heterocycles. The van der Waals surface area contributed by atoms with Crippen LogP contribution in [0.25, 0.3) is 10.9 Å². The van der Waals surface area contributed by atoms with Crippen molar-refractivity contribution < 1.29 is 19.1 Å². The molecular weight excluding hydrogens is 394 g/mol. The Kier molecular flexibility index (Phi) is 5.75. The lowest BCUT2D eigenvalue weighted by Crippen LogP contribution is -2.22. The number of aromatic nitrogens is 1. The van der Waals surface area contributed by atoms with E-state index in [-0.39, 0.29) is 5.91 Å². The summed E-state index contributed by atoms with van der Waals surface area (Å²) in [5, 5.41) is 6.21. The van der Waals surface area contributed by atoms with E-state index in [1.165, 1.54) is 18.3 Å². The molecule has 7 heteroatoms. The molecule has 2 amide bonds. The van der Waals surface area contributed by atoms with Gasteiger partial charge < -0.3 is 20.4 Å². The Hall–Kier alpha value is -3.61. The van der Waals surface area contributed by atoms with Gasteiger partial charge in [0.25, 0.3) is 11.8 Å². The molecule has 7 nitrogen and oxygen atoms in total. The number of carbonyl (C=O) groups excluding carboxylic acids is 3. The molecule has 1 aliphatic rings. The monoisotopic (exact) mass is 419 g/mol. The summed E-state index contributed by atoms with van der Waals surface area (Å²) in [5.41, 5.74) is 4.84. The van der Waals surface area contributed by atoms with Crippen LogP contribution < -0.4 is 10.6 Å². The maximum absolute atomic E-state index is 12.5. The van der Waals surface area contributed by atoms with E-state index in [0.29, 0.717) is 22.7 Å². The van der Waals surface area contributed by atoms with E-state index in [1.54, 1.807) is 30.3 Å². The SMILES string of the molecule is CNC(=O)c1cccc(NC(=O)COC(=O)c2ccc3[nH]c4c(c3c2)C[C@H](C)CC4)c1. The summed E-state index contributed by atoms with van der Waals surface area (Å²) in [7, 11) is 1.54. The first-order chi connectivity index (χ1) is 14.9. The Morgan fingerprint density at radius 3 is 2.77 bits per heavy atom. The van der Waals surface area contributed by atoms with Gasteiger partial charge in [-0.15, -0.1) is 0 Å². The molecule has 0 fully saturated rings. The Morgan fingerprint density at radius 2 is 1.97 bits per heavy atom. The molecule has 0 unspecified atom stereocenters. The fraction of sp³-hybridized carbons (Fsp3) is 0.292. The van der Waals surface area contributed by atoms with Gasteiger partial charge >= 0.3 is 5.97 Å². The largest absolute Gasteiger partial charge is 0.452 e. The number of amides is 2. The van der Waals surface area contributed by atoms with Crippen molar-refractivity contribution in [2.24, 2.45) is 5.92 Å². The Labute approximate surface area is 180 Å². The van der Waals surface area contributed by atoms with Crippen molar-refractivity contribution in [2.45, 2.75) is 26.2 Å². The zero-order valence-electron chi connectivity index (χ0n) is 17.6. The average molecular weight is 419 g/mol. The van der Waals surface area contributed by atoms with Gasteiger partial charge in [0.15, 0.2) is 6.61 Å². The molecule has 3 aromatic rings. The summed E-state index contributed by atoms with van der Waals surface area (Å²) in [6.07, 6.45) is 3.17. The summed E-state index contributed by atoms with van der Waals surface area (Å²) in [5.74, 6) is -0.654. The van der Waals surface area contributed by atoms with Crippen LogP contribution >= 0.6 is 0 Å². The van der Waals surface area contributed by atoms with E-state index >= 15 is 0 Å². The molecule has 1 heterocycles. The van der Waals surface area contributed by atoms with Gasteiger partial charge in [-0.05, 0) is 67.1 Å². The smallest absolute Gasteiger partial charge is 0.338 e. The molecule has 0 bridgehead atoms. The zero-order chi connectivity index (χ0) is 22.0. The summed E-state index contributed by atoms with van der Waals surface area (Å²) < 4.78 is 5.21. The second-order valence-electron chi connectivity index (χ2n) is 7.97. The maximum Gasteiger partial charge on any atom is 0.338 e. The fourth-order valence-electron chi connectivity index (χ4n) is 4.01. The first-order valence-electron chi connectivity index (χ1n) is 10.4. The maximum atomic E-state index is 12.5. The summed E-state index contributed by atoms with van der Waals surface area (Å²) in [4.78, 5) is 39.9. The highest BCUT2D eigenvalue weighted by Crippen LogP contribution is 2.32. The van der Waals surface area contributed by atoms with Crippen molar-refractivity contribution in [2.75, 3.05) is 19.0 Å². The van der Waals surface area contributed by atoms with Crippen LogP contribution in [0.15, 0.2) is 42.5 Å². The van der Waals surface area contributed by atoms with E-state index in [4.69, 9.17) is 4.74 Å². The van der Waals surface area contributed by atoms with E-state index in [0.717, 1.165) is 30.2 Å². The number of hydrogen-bond donors (Lipinski definition) is 3. The number of nitrogens with one attached hydrogen (secondary N) is 3. The van der Waals surface area contributed by atoms with Gasteiger partial charge in [-0.3, -0.25) is 9.59 Å². The minimum Gasteiger partial charge on any atom is -0.452 e. The van der Waals surface area contributed by atoms with E-state index < -0.39 is 18.5 Å². The number of fused-ring (bicyclic) bond motifs is 3. The fourth-order valence-corrected chi connectivity index (χ4v) is 4.01. The molecule has 0 radical (unpaired) electrons. The molecule has 0 spiro atoms. The third-order valence-corrected chi connectivity index (χ3v) is 5.64. The normalized spacial score (nSPS) is 15.2. The van der Waals surface area contributed by atoms with Crippen LogP contribution in [0.2, 0.25) is 0 Å². The number of benzene rings is 2. The molecule has 0 saturated carbocycles. The average Bonchev–Trinajstić information content (AvgIpc) is 3.14. The third-order valence-electron chi connectivity index (χ3n) is 5.64. The second-order valence-corrected chi connectivity index (χ2v) is 7.97. The second kappa shape index (κ2) is 8.63. The topological polar surface area (TPSA) is 100 Å². The van der Waals surface area contributed by atoms with Crippen LogP contribution in [-0.4, -0.2) is 36.4 Å². The van der Waals surface area contributed by atoms with Crippen LogP contribution in [-0.2, 0) is 22.4 Å². The molecule has 3 N–H and O–H groups in total. The van der Waals surface area contributed by atoms with Crippen LogP contribution in [0.5, 0.6) is 0 Å². The number of esters is 1. The minimum absolute atomic E-state index is 0.251. The lowest BCUT2D eigenvalue weighted by molar-refractivity contribution is -0.119. The Balaban J connectivity index is 1.40. The summed E-state index contributed by atoms with van der Waals surface area (Å²) in [6.45, 7) is 1.83. The molecule has 0 aliphatic heterocycles. The van der Waals surface area contributed by atoms with Crippen LogP contribution in [0, 0.1) is 5.92 Å². The molecule has 4 rings (SSSR count). The van der Waals surface area contributed by atoms with Crippen molar-refractivity contribution in [3.8, 4) is 0 Å². The van der Waals surface area contributed by atoms with Crippen molar-refractivity contribution >= 4 is 34.4 Å². The van der Waals surface area contributed by atoms with Gasteiger partial charge in [0.2, 0.25) is 0 Å². The van der Waals surface area contributed by atoms with E-state index in [2.05, 4.69) is 22.5 Å². The quantitative estimate of drug-likeness (QED) is 0.552. The molecule has 1 aliphatic carbocycles. The van der Waals surface area contributed by atoms with Crippen molar-refractivity contribution in [3.63, 3.8) is 0 Å². The molecule has 0 saturated heterocycles. The molecule has 1 atom stereocenters.